The summed E-state index contributed by atoms with van der Waals surface area (Å²) in [6.45, 7) is 2.39. The highest BCUT2D eigenvalue weighted by atomic mass is 35.5. The molecular formula is C26H24ClF3N6O3. The van der Waals surface area contributed by atoms with Gasteiger partial charge in [0.2, 0.25) is 5.75 Å². The molecule has 0 unspecified atom stereocenters. The first-order chi connectivity index (χ1) is 18.7. The highest BCUT2D eigenvalue weighted by molar-refractivity contribution is 6.32. The Morgan fingerprint density at radius 1 is 1.18 bits per heavy atom. The summed E-state index contributed by atoms with van der Waals surface area (Å²) in [4.78, 5) is 25.6. The molecule has 6 rings (SSSR count). The number of fused-ring (bicyclic) bond motifs is 3. The number of ether oxygens (including phenoxy) is 2. The fourth-order valence-corrected chi connectivity index (χ4v) is 5.39. The molecule has 0 saturated carbocycles. The molecule has 0 radical (unpaired) electrons. The van der Waals surface area contributed by atoms with Gasteiger partial charge in [-0.2, -0.15) is 18.2 Å². The second-order valence-electron chi connectivity index (χ2n) is 9.73. The quantitative estimate of drug-likeness (QED) is 0.456. The van der Waals surface area contributed by atoms with Crippen molar-refractivity contribution in [3.63, 3.8) is 0 Å². The van der Waals surface area contributed by atoms with Gasteiger partial charge in [0.25, 0.3) is 11.8 Å². The van der Waals surface area contributed by atoms with E-state index in [1.165, 1.54) is 24.5 Å². The highest BCUT2D eigenvalue weighted by Gasteiger charge is 2.42. The van der Waals surface area contributed by atoms with Crippen LogP contribution in [0, 0.1) is 0 Å². The number of amides is 1. The summed E-state index contributed by atoms with van der Waals surface area (Å²) in [5.74, 6) is 0.399. The first-order valence-corrected chi connectivity index (χ1v) is 12.7. The van der Waals surface area contributed by atoms with Crippen LogP contribution < -0.4 is 25.0 Å². The molecule has 3 aliphatic heterocycles. The number of nitrogens with one attached hydrogen (secondary N) is 2. The minimum absolute atomic E-state index is 0.0442. The molecule has 1 amide bonds. The van der Waals surface area contributed by atoms with Gasteiger partial charge >= 0.3 is 6.18 Å². The molecular weight excluding hydrogens is 537 g/mol. The first kappa shape index (κ1) is 25.5. The number of alkyl halides is 3. The number of benzene rings is 2. The van der Waals surface area contributed by atoms with Gasteiger partial charge in [-0.3, -0.25) is 9.69 Å². The lowest BCUT2D eigenvalue weighted by molar-refractivity contribution is -0.137. The van der Waals surface area contributed by atoms with Crippen molar-refractivity contribution in [1.82, 2.24) is 14.9 Å². The third-order valence-corrected chi connectivity index (χ3v) is 7.47. The Morgan fingerprint density at radius 2 is 2.03 bits per heavy atom. The van der Waals surface area contributed by atoms with E-state index in [4.69, 9.17) is 21.1 Å². The molecule has 13 heteroatoms. The lowest BCUT2D eigenvalue weighted by Gasteiger charge is -2.34. The number of carbonyl (C=O) groups is 1. The number of nitrogens with zero attached hydrogens (tertiary/aromatic N) is 4. The number of carbonyl (C=O) groups excluding carboxylic acids is 1. The molecule has 9 nitrogen and oxygen atoms in total. The Kier molecular flexibility index (Phi) is 6.38. The molecule has 4 heterocycles. The fourth-order valence-electron chi connectivity index (χ4n) is 5.23. The van der Waals surface area contributed by atoms with Crippen LogP contribution in [0.4, 0.5) is 30.4 Å². The topological polar surface area (TPSA) is 91.9 Å². The van der Waals surface area contributed by atoms with Crippen LogP contribution in [0.15, 0.2) is 42.7 Å². The van der Waals surface area contributed by atoms with Crippen LogP contribution in [0.25, 0.3) is 0 Å². The third-order valence-electron chi connectivity index (χ3n) is 7.16. The maximum absolute atomic E-state index is 13.8. The average molecular weight is 561 g/mol. The maximum Gasteiger partial charge on any atom is 0.416 e. The van der Waals surface area contributed by atoms with E-state index in [-0.39, 0.29) is 33.9 Å². The molecule has 2 N–H and O–H groups in total. The van der Waals surface area contributed by atoms with Crippen molar-refractivity contribution in [2.75, 3.05) is 48.8 Å². The molecule has 0 spiro atoms. The summed E-state index contributed by atoms with van der Waals surface area (Å²) in [5.41, 5.74) is -0.211. The Bertz CT molecular complexity index is 1440. The van der Waals surface area contributed by atoms with Crippen LogP contribution in [0.2, 0.25) is 5.02 Å². The van der Waals surface area contributed by atoms with E-state index in [0.29, 0.717) is 43.0 Å². The predicted octanol–water partition coefficient (Wildman–Crippen LogP) is 4.89. The predicted molar refractivity (Wildman–Crippen MR) is 139 cm³/mol. The molecule has 2 aromatic carbocycles. The summed E-state index contributed by atoms with van der Waals surface area (Å²) in [6, 6.07) is 8.42. The SMILES string of the molecule is CN1C[C@@H]2C[C@H]1CN2c1cc(NC(=O)c2ccc(Cl)c(Oc3ncnc4c3OCCN4)c2)cc(C(F)(F)F)c1. The van der Waals surface area contributed by atoms with Crippen LogP contribution in [-0.4, -0.2) is 66.1 Å². The van der Waals surface area contributed by atoms with E-state index in [1.54, 1.807) is 6.07 Å². The Hall–Kier alpha value is -3.77. The molecule has 1 aromatic heterocycles. The van der Waals surface area contributed by atoms with E-state index in [0.717, 1.165) is 25.1 Å². The van der Waals surface area contributed by atoms with Gasteiger partial charge in [0.1, 0.15) is 18.7 Å². The van der Waals surface area contributed by atoms with E-state index in [2.05, 4.69) is 25.5 Å². The number of rotatable bonds is 5. The van der Waals surface area contributed by atoms with Crippen molar-refractivity contribution >= 4 is 34.7 Å². The molecule has 2 atom stereocenters. The number of likely N-dealkylation sites (N-methyl/N-ethyl adjacent to an activating group) is 1. The van der Waals surface area contributed by atoms with Crippen LogP contribution in [-0.2, 0) is 6.18 Å². The van der Waals surface area contributed by atoms with Gasteiger partial charge in [0.15, 0.2) is 5.82 Å². The summed E-state index contributed by atoms with van der Waals surface area (Å²) in [6.07, 6.45) is -2.37. The van der Waals surface area contributed by atoms with Crippen molar-refractivity contribution in [2.45, 2.75) is 24.7 Å². The summed E-state index contributed by atoms with van der Waals surface area (Å²) in [7, 11) is 2.02. The molecule has 204 valence electrons. The van der Waals surface area contributed by atoms with Gasteiger partial charge in [-0.25, -0.2) is 4.98 Å². The van der Waals surface area contributed by atoms with E-state index < -0.39 is 17.6 Å². The second-order valence-corrected chi connectivity index (χ2v) is 10.1. The monoisotopic (exact) mass is 560 g/mol. The standard InChI is InChI=1S/C26H24ClF3N6O3/c1-35-11-19-10-18(35)12-36(19)17-8-15(26(28,29)30)7-16(9-17)34-24(37)14-2-3-20(27)21(6-14)39-25-22-23(32-13-33-25)31-4-5-38-22/h2-3,6-9,13,18-19H,4-5,10-12H2,1H3,(H,34,37)(H,31,32,33)/t18-,19-/m0/s1. The molecule has 2 saturated heterocycles. The summed E-state index contributed by atoms with van der Waals surface area (Å²) < 4.78 is 52.8. The number of aromatic nitrogens is 2. The lowest BCUT2D eigenvalue weighted by atomic mass is 10.1. The number of hydrogen-bond acceptors (Lipinski definition) is 8. The van der Waals surface area contributed by atoms with E-state index >= 15 is 0 Å². The zero-order valence-electron chi connectivity index (χ0n) is 20.8. The van der Waals surface area contributed by atoms with E-state index in [9.17, 15) is 18.0 Å². The van der Waals surface area contributed by atoms with Gasteiger partial charge in [-0.15, -0.1) is 0 Å². The molecule has 3 aromatic rings. The first-order valence-electron chi connectivity index (χ1n) is 12.4. The van der Waals surface area contributed by atoms with Crippen molar-refractivity contribution in [2.24, 2.45) is 0 Å². The van der Waals surface area contributed by atoms with Gasteiger partial charge in [0.05, 0.1) is 17.1 Å². The smallest absolute Gasteiger partial charge is 0.416 e. The Balaban J connectivity index is 1.26. The summed E-state index contributed by atoms with van der Waals surface area (Å²) in [5, 5.41) is 5.89. The lowest BCUT2D eigenvalue weighted by Crippen LogP contribution is -2.44. The maximum atomic E-state index is 13.8. The van der Waals surface area contributed by atoms with Crippen LogP contribution in [0.3, 0.4) is 0 Å². The van der Waals surface area contributed by atoms with Crippen molar-refractivity contribution < 1.29 is 27.4 Å². The minimum atomic E-state index is -4.57. The number of likely N-dealkylation sites (tertiary alicyclic amines) is 1. The largest absolute Gasteiger partial charge is 0.483 e. The van der Waals surface area contributed by atoms with Gasteiger partial charge in [-0.1, -0.05) is 11.6 Å². The van der Waals surface area contributed by atoms with Gasteiger partial charge in [-0.05, 0) is 49.9 Å². The Labute approximate surface area is 226 Å². The summed E-state index contributed by atoms with van der Waals surface area (Å²) >= 11 is 6.31. The molecule has 2 bridgehead atoms. The van der Waals surface area contributed by atoms with Gasteiger partial charge < -0.3 is 25.0 Å². The second kappa shape index (κ2) is 9.76. The fraction of sp³-hybridized carbons (Fsp3) is 0.346. The van der Waals surface area contributed by atoms with Crippen LogP contribution in [0.5, 0.6) is 17.4 Å². The molecule has 2 fully saturated rings. The molecule has 39 heavy (non-hydrogen) atoms. The number of halogens is 4. The molecule has 0 aliphatic carbocycles. The van der Waals surface area contributed by atoms with Crippen molar-refractivity contribution in [3.8, 4) is 17.4 Å². The Morgan fingerprint density at radius 3 is 2.77 bits per heavy atom. The number of piperazine rings is 1. The number of anilines is 3. The van der Waals surface area contributed by atoms with Gasteiger partial charge in [0, 0.05) is 42.1 Å². The molecule has 3 aliphatic rings. The van der Waals surface area contributed by atoms with Crippen molar-refractivity contribution in [1.29, 1.82) is 0 Å². The minimum Gasteiger partial charge on any atom is -0.483 e. The van der Waals surface area contributed by atoms with Crippen LogP contribution >= 0.6 is 11.6 Å². The normalized spacial score (nSPS) is 20.3. The third kappa shape index (κ3) is 5.01. The van der Waals surface area contributed by atoms with Crippen LogP contribution in [0.1, 0.15) is 22.3 Å². The number of hydrogen-bond donors (Lipinski definition) is 2. The zero-order valence-corrected chi connectivity index (χ0v) is 21.5. The van der Waals surface area contributed by atoms with E-state index in [1.807, 2.05) is 11.9 Å². The average Bonchev–Trinajstić information content (AvgIpc) is 3.49. The van der Waals surface area contributed by atoms with Crippen molar-refractivity contribution in [3.05, 3.63) is 58.9 Å². The highest BCUT2D eigenvalue weighted by Crippen LogP contribution is 2.40. The zero-order chi connectivity index (χ0) is 27.3.